The Morgan fingerprint density at radius 3 is 2.50 bits per heavy atom. The molecule has 1 aromatic carbocycles. The second kappa shape index (κ2) is 7.45. The third kappa shape index (κ3) is 3.23. The minimum atomic E-state index is -0.804. The molecule has 3 aliphatic rings. The molecule has 28 heavy (non-hydrogen) atoms. The summed E-state index contributed by atoms with van der Waals surface area (Å²) in [5, 5.41) is 2.91. The van der Waals surface area contributed by atoms with Crippen LogP contribution < -0.4 is 10.2 Å². The van der Waals surface area contributed by atoms with Gasteiger partial charge in [0, 0.05) is 31.9 Å². The van der Waals surface area contributed by atoms with Gasteiger partial charge in [-0.2, -0.15) is 0 Å². The number of nitrogens with one attached hydrogen (secondary N) is 1. The summed E-state index contributed by atoms with van der Waals surface area (Å²) >= 11 is 0. The van der Waals surface area contributed by atoms with Crippen LogP contribution in [0.3, 0.4) is 0 Å². The number of carbonyl (C=O) groups excluding carboxylic acids is 3. The predicted octanol–water partition coefficient (Wildman–Crippen LogP) is 1.84. The molecular formula is C21H28N4O3. The molecule has 1 saturated carbocycles. The maximum atomic E-state index is 13.0. The van der Waals surface area contributed by atoms with Crippen LogP contribution in [0.2, 0.25) is 0 Å². The van der Waals surface area contributed by atoms with Gasteiger partial charge in [0.25, 0.3) is 5.91 Å². The van der Waals surface area contributed by atoms with Crippen LogP contribution in [0.25, 0.3) is 0 Å². The summed E-state index contributed by atoms with van der Waals surface area (Å²) in [6.45, 7) is 4.54. The van der Waals surface area contributed by atoms with Crippen LogP contribution >= 0.6 is 0 Å². The smallest absolute Gasteiger partial charge is 0.325 e. The van der Waals surface area contributed by atoms with Crippen molar-refractivity contribution in [3.8, 4) is 0 Å². The molecule has 7 nitrogen and oxygen atoms in total. The number of anilines is 1. The molecule has 3 fully saturated rings. The zero-order valence-electron chi connectivity index (χ0n) is 16.4. The lowest BCUT2D eigenvalue weighted by Crippen LogP contribution is -2.54. The van der Waals surface area contributed by atoms with Crippen molar-refractivity contribution in [2.75, 3.05) is 37.6 Å². The van der Waals surface area contributed by atoms with E-state index in [1.807, 2.05) is 25.1 Å². The molecule has 1 aliphatic carbocycles. The molecule has 0 bridgehead atoms. The van der Waals surface area contributed by atoms with Crippen molar-refractivity contribution in [3.63, 3.8) is 0 Å². The summed E-state index contributed by atoms with van der Waals surface area (Å²) in [6, 6.07) is 9.71. The molecule has 4 amide bonds. The van der Waals surface area contributed by atoms with Gasteiger partial charge in [-0.1, -0.05) is 38.0 Å². The van der Waals surface area contributed by atoms with Gasteiger partial charge in [-0.3, -0.25) is 14.5 Å². The molecule has 0 radical (unpaired) electrons. The molecule has 2 heterocycles. The van der Waals surface area contributed by atoms with Crippen molar-refractivity contribution in [2.24, 2.45) is 5.92 Å². The van der Waals surface area contributed by atoms with Crippen molar-refractivity contribution in [3.05, 3.63) is 30.3 Å². The lowest BCUT2D eigenvalue weighted by molar-refractivity contribution is -0.140. The minimum Gasteiger partial charge on any atom is -0.368 e. The third-order valence-corrected chi connectivity index (χ3v) is 6.55. The first-order valence-electron chi connectivity index (χ1n) is 10.2. The van der Waals surface area contributed by atoms with Crippen molar-refractivity contribution in [1.82, 2.24) is 15.1 Å². The van der Waals surface area contributed by atoms with Crippen molar-refractivity contribution in [2.45, 2.75) is 38.1 Å². The highest BCUT2D eigenvalue weighted by atomic mass is 16.2. The fraction of sp³-hybridized carbons (Fsp3) is 0.571. The number of piperazine rings is 1. The molecule has 2 saturated heterocycles. The highest BCUT2D eigenvalue weighted by Gasteiger charge is 2.55. The SMILES string of the molecule is C[C@@H]1CCCC[C@]12NC(=O)N(CC(=O)N1CCN(c3ccccc3)CC1)C2=O. The first-order chi connectivity index (χ1) is 13.5. The number of rotatable bonds is 3. The Hall–Kier alpha value is -2.57. The van der Waals surface area contributed by atoms with Crippen molar-refractivity contribution < 1.29 is 14.4 Å². The third-order valence-electron chi connectivity index (χ3n) is 6.55. The summed E-state index contributed by atoms with van der Waals surface area (Å²) in [5.41, 5.74) is 0.346. The average Bonchev–Trinajstić information content (AvgIpc) is 2.96. The topological polar surface area (TPSA) is 73.0 Å². The first kappa shape index (κ1) is 18.8. The van der Waals surface area contributed by atoms with Gasteiger partial charge >= 0.3 is 6.03 Å². The summed E-state index contributed by atoms with van der Waals surface area (Å²) < 4.78 is 0. The van der Waals surface area contributed by atoms with Crippen molar-refractivity contribution in [1.29, 1.82) is 0 Å². The van der Waals surface area contributed by atoms with E-state index < -0.39 is 11.6 Å². The maximum Gasteiger partial charge on any atom is 0.325 e. The number of benzene rings is 1. The van der Waals surface area contributed by atoms with E-state index in [1.165, 1.54) is 0 Å². The minimum absolute atomic E-state index is 0.104. The number of urea groups is 1. The fourth-order valence-corrected chi connectivity index (χ4v) is 4.73. The Morgan fingerprint density at radius 2 is 1.82 bits per heavy atom. The van der Waals surface area contributed by atoms with Crippen LogP contribution in [-0.4, -0.2) is 65.9 Å². The molecule has 2 atom stereocenters. The number of carbonyl (C=O) groups is 3. The number of para-hydroxylation sites is 1. The van der Waals surface area contributed by atoms with Gasteiger partial charge in [-0.15, -0.1) is 0 Å². The van der Waals surface area contributed by atoms with Crippen LogP contribution in [0.4, 0.5) is 10.5 Å². The van der Waals surface area contributed by atoms with E-state index in [1.54, 1.807) is 4.90 Å². The summed E-state index contributed by atoms with van der Waals surface area (Å²) in [7, 11) is 0. The zero-order chi connectivity index (χ0) is 19.7. The normalized spacial score (nSPS) is 28.0. The number of nitrogens with zero attached hydrogens (tertiary/aromatic N) is 3. The standard InChI is InChI=1S/C21H28N4O3/c1-16-7-5-6-10-21(16)19(27)25(20(28)22-21)15-18(26)24-13-11-23(12-14-24)17-8-3-2-4-9-17/h2-4,8-9,16H,5-7,10-15H2,1H3,(H,22,28)/t16-,21+/m1/s1. The first-order valence-corrected chi connectivity index (χ1v) is 10.2. The van der Waals surface area contributed by atoms with Gasteiger partial charge in [-0.05, 0) is 30.9 Å². The molecule has 0 unspecified atom stereocenters. The highest BCUT2D eigenvalue weighted by Crippen LogP contribution is 2.38. The monoisotopic (exact) mass is 384 g/mol. The van der Waals surface area contributed by atoms with Crippen LogP contribution in [0.1, 0.15) is 32.6 Å². The Balaban J connectivity index is 1.36. The van der Waals surface area contributed by atoms with E-state index in [4.69, 9.17) is 0 Å². The molecule has 1 spiro atoms. The highest BCUT2D eigenvalue weighted by molar-refractivity contribution is 6.09. The van der Waals surface area contributed by atoms with Gasteiger partial charge in [0.1, 0.15) is 12.1 Å². The average molecular weight is 384 g/mol. The number of hydrogen-bond donors (Lipinski definition) is 1. The molecule has 2 aliphatic heterocycles. The second-order valence-electron chi connectivity index (χ2n) is 8.14. The van der Waals surface area contributed by atoms with Crippen molar-refractivity contribution >= 4 is 23.5 Å². The second-order valence-corrected chi connectivity index (χ2v) is 8.14. The maximum absolute atomic E-state index is 13.0. The van der Waals surface area contributed by atoms with E-state index in [0.29, 0.717) is 19.5 Å². The van der Waals surface area contributed by atoms with E-state index >= 15 is 0 Å². The Labute approximate surface area is 165 Å². The van der Waals surface area contributed by atoms with E-state index in [0.717, 1.165) is 42.9 Å². The fourth-order valence-electron chi connectivity index (χ4n) is 4.73. The molecule has 4 rings (SSSR count). The van der Waals surface area contributed by atoms with Gasteiger partial charge in [0.15, 0.2) is 0 Å². The van der Waals surface area contributed by atoms with Crippen LogP contribution in [-0.2, 0) is 9.59 Å². The van der Waals surface area contributed by atoms with Gasteiger partial charge in [0.2, 0.25) is 5.91 Å². The molecule has 150 valence electrons. The van der Waals surface area contributed by atoms with Gasteiger partial charge < -0.3 is 15.1 Å². The number of hydrogen-bond acceptors (Lipinski definition) is 4. The summed E-state index contributed by atoms with van der Waals surface area (Å²) in [4.78, 5) is 43.4. The number of imide groups is 1. The molecular weight excluding hydrogens is 356 g/mol. The van der Waals surface area contributed by atoms with Gasteiger partial charge in [0.05, 0.1) is 0 Å². The summed E-state index contributed by atoms with van der Waals surface area (Å²) in [5.74, 6) is -0.273. The Bertz CT molecular complexity index is 760. The quantitative estimate of drug-likeness (QED) is 0.807. The molecule has 7 heteroatoms. The largest absolute Gasteiger partial charge is 0.368 e. The predicted molar refractivity (Wildman–Crippen MR) is 106 cm³/mol. The Morgan fingerprint density at radius 1 is 1.11 bits per heavy atom. The summed E-state index contributed by atoms with van der Waals surface area (Å²) in [6.07, 6.45) is 3.60. The molecule has 1 aromatic rings. The lowest BCUT2D eigenvalue weighted by Gasteiger charge is -2.37. The zero-order valence-corrected chi connectivity index (χ0v) is 16.4. The van der Waals surface area contributed by atoms with E-state index in [2.05, 4.69) is 22.3 Å². The molecule has 0 aromatic heterocycles. The van der Waals surface area contributed by atoms with E-state index in [-0.39, 0.29) is 24.3 Å². The van der Waals surface area contributed by atoms with Crippen LogP contribution in [0, 0.1) is 5.92 Å². The van der Waals surface area contributed by atoms with Gasteiger partial charge in [-0.25, -0.2) is 4.79 Å². The Kier molecular flexibility index (Phi) is 5.00. The molecule has 1 N–H and O–H groups in total. The number of amides is 4. The van der Waals surface area contributed by atoms with E-state index in [9.17, 15) is 14.4 Å². The van der Waals surface area contributed by atoms with Crippen LogP contribution in [0.5, 0.6) is 0 Å². The lowest BCUT2D eigenvalue weighted by atomic mass is 9.73. The van der Waals surface area contributed by atoms with Crippen LogP contribution in [0.15, 0.2) is 30.3 Å².